The molecule has 0 aliphatic heterocycles. The third-order valence-corrected chi connectivity index (χ3v) is 5.08. The molecule has 0 radical (unpaired) electrons. The molecule has 0 saturated carbocycles. The van der Waals surface area contributed by atoms with E-state index in [0.29, 0.717) is 11.5 Å². The van der Waals surface area contributed by atoms with E-state index < -0.39 is 0 Å². The number of nitriles is 1. The Morgan fingerprint density at radius 3 is 2.63 bits per heavy atom. The summed E-state index contributed by atoms with van der Waals surface area (Å²) < 4.78 is 8.40. The molecule has 0 aliphatic rings. The number of nitrogens with zero attached hydrogens (tertiary/aromatic N) is 2. The van der Waals surface area contributed by atoms with Gasteiger partial charge in [0.25, 0.3) is 0 Å². The lowest BCUT2D eigenvalue weighted by molar-refractivity contribution is -0.660. The molecule has 2 aromatic heterocycles. The molecule has 0 N–H and O–H groups in total. The lowest BCUT2D eigenvalue weighted by atomic mass is 9.96. The smallest absolute Gasteiger partial charge is 0.212 e. The van der Waals surface area contributed by atoms with Crippen molar-refractivity contribution in [3.63, 3.8) is 0 Å². The number of rotatable bonds is 3. The summed E-state index contributed by atoms with van der Waals surface area (Å²) >= 11 is 0. The zero-order valence-corrected chi connectivity index (χ0v) is 16.2. The van der Waals surface area contributed by atoms with Crippen molar-refractivity contribution in [2.24, 2.45) is 13.0 Å². The SMILES string of the molecule is Cc1cc2oc3c(CC(C)C)cc(C#N)cc3c2cc1-c1cccc[n+]1C. The molecule has 3 nitrogen and oxygen atoms in total. The van der Waals surface area contributed by atoms with Gasteiger partial charge in [0.1, 0.15) is 18.2 Å². The molecule has 0 amide bonds. The van der Waals surface area contributed by atoms with Crippen LogP contribution in [0.15, 0.2) is 53.1 Å². The second kappa shape index (κ2) is 6.55. The lowest BCUT2D eigenvalue weighted by Crippen LogP contribution is -2.30. The third-order valence-electron chi connectivity index (χ3n) is 5.08. The van der Waals surface area contributed by atoms with E-state index in [2.05, 4.69) is 68.9 Å². The molecule has 0 bridgehead atoms. The van der Waals surface area contributed by atoms with Crippen molar-refractivity contribution in [2.75, 3.05) is 0 Å². The Morgan fingerprint density at radius 1 is 1.11 bits per heavy atom. The lowest BCUT2D eigenvalue weighted by Gasteiger charge is -2.06. The van der Waals surface area contributed by atoms with E-state index in [0.717, 1.165) is 39.6 Å². The van der Waals surface area contributed by atoms with E-state index in [1.165, 1.54) is 11.1 Å². The summed E-state index contributed by atoms with van der Waals surface area (Å²) in [5, 5.41) is 11.6. The van der Waals surface area contributed by atoms with Crippen LogP contribution >= 0.6 is 0 Å². The molecular formula is C24H23N2O+. The minimum atomic E-state index is 0.496. The highest BCUT2D eigenvalue weighted by atomic mass is 16.3. The largest absolute Gasteiger partial charge is 0.456 e. The summed E-state index contributed by atoms with van der Waals surface area (Å²) in [6.07, 6.45) is 2.95. The van der Waals surface area contributed by atoms with Crippen molar-refractivity contribution in [3.05, 3.63) is 65.4 Å². The standard InChI is InChI=1S/C24H23N2O/c1-15(2)9-18-11-17(14-25)12-21-20-13-19(22-7-5-6-8-26(22)4)16(3)10-23(20)27-24(18)21/h5-8,10-13,15H,9H2,1-4H3/q+1. The molecule has 4 rings (SSSR count). The topological polar surface area (TPSA) is 40.8 Å². The summed E-state index contributed by atoms with van der Waals surface area (Å²) in [4.78, 5) is 0. The number of furan rings is 1. The summed E-state index contributed by atoms with van der Waals surface area (Å²) in [6.45, 7) is 6.49. The van der Waals surface area contributed by atoms with Gasteiger partial charge in [-0.15, -0.1) is 0 Å². The number of aryl methyl sites for hydroxylation is 2. The van der Waals surface area contributed by atoms with Crippen molar-refractivity contribution in [3.8, 4) is 17.3 Å². The zero-order valence-electron chi connectivity index (χ0n) is 16.2. The van der Waals surface area contributed by atoms with Crippen LogP contribution < -0.4 is 4.57 Å². The van der Waals surface area contributed by atoms with Crippen molar-refractivity contribution in [1.29, 1.82) is 5.26 Å². The summed E-state index contributed by atoms with van der Waals surface area (Å²) in [7, 11) is 2.06. The van der Waals surface area contributed by atoms with Crippen LogP contribution in [0.2, 0.25) is 0 Å². The predicted octanol–water partition coefficient (Wildman–Crippen LogP) is 5.46. The summed E-state index contributed by atoms with van der Waals surface area (Å²) in [6, 6.07) is 16.8. The van der Waals surface area contributed by atoms with Crippen LogP contribution in [-0.4, -0.2) is 0 Å². The van der Waals surface area contributed by atoms with E-state index >= 15 is 0 Å². The molecular weight excluding hydrogens is 332 g/mol. The average molecular weight is 355 g/mol. The molecule has 0 atom stereocenters. The maximum Gasteiger partial charge on any atom is 0.212 e. The minimum Gasteiger partial charge on any atom is -0.456 e. The van der Waals surface area contributed by atoms with E-state index in [-0.39, 0.29) is 0 Å². The Kier molecular flexibility index (Phi) is 4.20. The second-order valence-corrected chi connectivity index (χ2v) is 7.68. The first-order valence-corrected chi connectivity index (χ1v) is 9.33. The Balaban J connectivity index is 2.04. The van der Waals surface area contributed by atoms with E-state index in [1.807, 2.05) is 18.2 Å². The van der Waals surface area contributed by atoms with Crippen LogP contribution in [0, 0.1) is 24.2 Å². The Bertz CT molecular complexity index is 1210. The Labute approximate surface area is 159 Å². The summed E-state index contributed by atoms with van der Waals surface area (Å²) in [5.74, 6) is 0.496. The third kappa shape index (κ3) is 2.98. The fourth-order valence-electron chi connectivity index (χ4n) is 3.83. The number of pyridine rings is 1. The van der Waals surface area contributed by atoms with Crippen molar-refractivity contribution >= 4 is 21.9 Å². The average Bonchev–Trinajstić information content (AvgIpc) is 2.98. The number of hydrogen-bond acceptors (Lipinski definition) is 2. The Hall–Kier alpha value is -3.12. The van der Waals surface area contributed by atoms with E-state index in [4.69, 9.17) is 4.42 Å². The second-order valence-electron chi connectivity index (χ2n) is 7.68. The molecule has 0 saturated heterocycles. The van der Waals surface area contributed by atoms with Gasteiger partial charge in [-0.25, -0.2) is 4.57 Å². The van der Waals surface area contributed by atoms with Gasteiger partial charge in [0.05, 0.1) is 11.6 Å². The van der Waals surface area contributed by atoms with Gasteiger partial charge in [0.15, 0.2) is 6.20 Å². The molecule has 0 unspecified atom stereocenters. The van der Waals surface area contributed by atoms with Gasteiger partial charge in [0.2, 0.25) is 5.69 Å². The van der Waals surface area contributed by atoms with Crippen LogP contribution in [-0.2, 0) is 13.5 Å². The van der Waals surface area contributed by atoms with Crippen molar-refractivity contribution in [2.45, 2.75) is 27.2 Å². The van der Waals surface area contributed by atoms with Crippen molar-refractivity contribution in [1.82, 2.24) is 0 Å². The van der Waals surface area contributed by atoms with Crippen molar-refractivity contribution < 1.29 is 8.98 Å². The fraction of sp³-hybridized carbons (Fsp3) is 0.250. The first-order chi connectivity index (χ1) is 13.0. The van der Waals surface area contributed by atoms with E-state index in [9.17, 15) is 5.26 Å². The van der Waals surface area contributed by atoms with Gasteiger partial charge in [-0.3, -0.25) is 0 Å². The maximum atomic E-state index is 9.49. The monoisotopic (exact) mass is 355 g/mol. The highest BCUT2D eigenvalue weighted by molar-refractivity contribution is 6.08. The molecule has 0 aliphatic carbocycles. The van der Waals surface area contributed by atoms with Crippen LogP contribution in [0.4, 0.5) is 0 Å². The quantitative estimate of drug-likeness (QED) is 0.458. The first-order valence-electron chi connectivity index (χ1n) is 9.33. The van der Waals surface area contributed by atoms with Gasteiger partial charge >= 0.3 is 0 Å². The van der Waals surface area contributed by atoms with Gasteiger partial charge in [-0.2, -0.15) is 5.26 Å². The highest BCUT2D eigenvalue weighted by Gasteiger charge is 2.18. The predicted molar refractivity (Wildman–Crippen MR) is 108 cm³/mol. The molecule has 134 valence electrons. The van der Waals surface area contributed by atoms with Crippen LogP contribution in [0.5, 0.6) is 0 Å². The van der Waals surface area contributed by atoms with E-state index in [1.54, 1.807) is 0 Å². The van der Waals surface area contributed by atoms with Gasteiger partial charge in [0, 0.05) is 28.5 Å². The summed E-state index contributed by atoms with van der Waals surface area (Å²) in [5.41, 5.74) is 7.10. The minimum absolute atomic E-state index is 0.496. The molecule has 0 fully saturated rings. The van der Waals surface area contributed by atoms with Gasteiger partial charge < -0.3 is 4.42 Å². The highest BCUT2D eigenvalue weighted by Crippen LogP contribution is 2.36. The molecule has 27 heavy (non-hydrogen) atoms. The first kappa shape index (κ1) is 17.3. The fourth-order valence-corrected chi connectivity index (χ4v) is 3.83. The molecule has 2 aromatic carbocycles. The van der Waals surface area contributed by atoms with Crippen LogP contribution in [0.25, 0.3) is 33.2 Å². The zero-order chi connectivity index (χ0) is 19.1. The number of hydrogen-bond donors (Lipinski definition) is 0. The molecule has 2 heterocycles. The van der Waals surface area contributed by atoms with Crippen LogP contribution in [0.1, 0.15) is 30.5 Å². The molecule has 4 aromatic rings. The molecule has 0 spiro atoms. The van der Waals surface area contributed by atoms with Gasteiger partial charge in [-0.05, 0) is 60.7 Å². The van der Waals surface area contributed by atoms with Crippen LogP contribution in [0.3, 0.4) is 0 Å². The number of benzene rings is 2. The van der Waals surface area contributed by atoms with Gasteiger partial charge in [-0.1, -0.05) is 13.8 Å². The normalized spacial score (nSPS) is 11.4. The molecule has 3 heteroatoms. The maximum absolute atomic E-state index is 9.49. The Morgan fingerprint density at radius 2 is 1.93 bits per heavy atom. The number of aromatic nitrogens is 1. The number of fused-ring (bicyclic) bond motifs is 3.